The molecule has 0 heterocycles. The number of rotatable bonds is 6. The van der Waals surface area contributed by atoms with E-state index < -0.39 is 17.8 Å². The Morgan fingerprint density at radius 3 is 2.00 bits per heavy atom. The first kappa shape index (κ1) is 16.0. The lowest BCUT2D eigenvalue weighted by atomic mass is 9.91. The summed E-state index contributed by atoms with van der Waals surface area (Å²) in [5, 5.41) is 12.0. The van der Waals surface area contributed by atoms with Crippen molar-refractivity contribution in [1.29, 1.82) is 0 Å². The second-order valence-corrected chi connectivity index (χ2v) is 4.68. The molecule has 0 aliphatic heterocycles. The van der Waals surface area contributed by atoms with Gasteiger partial charge in [-0.05, 0) is 18.4 Å². The lowest BCUT2D eigenvalue weighted by molar-refractivity contribution is -0.164. The van der Waals surface area contributed by atoms with Crippen LogP contribution in [0.1, 0.15) is 38.3 Å². The summed E-state index contributed by atoms with van der Waals surface area (Å²) in [7, 11) is 0. The molecule has 0 aliphatic carbocycles. The Labute approximate surface area is 111 Å². The van der Waals surface area contributed by atoms with Gasteiger partial charge >= 0.3 is 6.18 Å². The Morgan fingerprint density at radius 2 is 1.63 bits per heavy atom. The van der Waals surface area contributed by atoms with E-state index in [1.165, 1.54) is 12.1 Å². The number of benzene rings is 1. The molecule has 108 valence electrons. The first-order chi connectivity index (χ1) is 8.88. The third-order valence-electron chi connectivity index (χ3n) is 3.57. The largest absolute Gasteiger partial charge is 0.407 e. The molecule has 1 rings (SSSR count). The predicted molar refractivity (Wildman–Crippen MR) is 68.8 cm³/mol. The monoisotopic (exact) mass is 275 g/mol. The predicted octanol–water partition coefficient (Wildman–Crippen LogP) is 3.43. The van der Waals surface area contributed by atoms with Crippen molar-refractivity contribution in [3.63, 3.8) is 0 Å². The van der Waals surface area contributed by atoms with E-state index in [-0.39, 0.29) is 12.2 Å². The summed E-state index contributed by atoms with van der Waals surface area (Å²) in [5.41, 5.74) is -0.745. The van der Waals surface area contributed by atoms with Crippen LogP contribution in [0.3, 0.4) is 0 Å². The molecular formula is C14H20F3NO. The summed E-state index contributed by atoms with van der Waals surface area (Å²) in [4.78, 5) is 0. The summed E-state index contributed by atoms with van der Waals surface area (Å²) in [6, 6.07) is 5.95. The molecule has 0 bridgehead atoms. The van der Waals surface area contributed by atoms with Crippen LogP contribution in [-0.2, 0) is 0 Å². The fourth-order valence-electron chi connectivity index (χ4n) is 2.03. The number of aliphatic hydroxyl groups is 1. The number of halogens is 3. The van der Waals surface area contributed by atoms with Crippen molar-refractivity contribution in [2.45, 2.75) is 44.4 Å². The third kappa shape index (κ3) is 3.94. The van der Waals surface area contributed by atoms with Crippen LogP contribution in [-0.4, -0.2) is 23.4 Å². The Kier molecular flexibility index (Phi) is 5.38. The quantitative estimate of drug-likeness (QED) is 0.833. The van der Waals surface area contributed by atoms with Gasteiger partial charge in [0.1, 0.15) is 6.04 Å². The Morgan fingerprint density at radius 1 is 1.11 bits per heavy atom. The molecule has 5 heteroatoms. The summed E-state index contributed by atoms with van der Waals surface area (Å²) in [6.07, 6.45) is -3.54. The van der Waals surface area contributed by atoms with Gasteiger partial charge in [-0.2, -0.15) is 13.2 Å². The van der Waals surface area contributed by atoms with Crippen molar-refractivity contribution in [2.75, 3.05) is 6.61 Å². The van der Waals surface area contributed by atoms with E-state index in [0.29, 0.717) is 12.8 Å². The van der Waals surface area contributed by atoms with Crippen molar-refractivity contribution in [3.05, 3.63) is 35.9 Å². The van der Waals surface area contributed by atoms with Gasteiger partial charge in [-0.1, -0.05) is 44.2 Å². The van der Waals surface area contributed by atoms with Crippen LogP contribution in [0.25, 0.3) is 0 Å². The van der Waals surface area contributed by atoms with E-state index in [9.17, 15) is 18.3 Å². The Balaban J connectivity index is 3.07. The van der Waals surface area contributed by atoms with Gasteiger partial charge in [0, 0.05) is 5.54 Å². The standard InChI is InChI=1S/C14H20F3NO/c1-3-13(4-2,10-19)18-12(14(15,16)17)11-8-6-5-7-9-11/h5-9,12,18-19H,3-4,10H2,1-2H3. The summed E-state index contributed by atoms with van der Waals surface area (Å²) >= 11 is 0. The maximum absolute atomic E-state index is 13.2. The van der Waals surface area contributed by atoms with Crippen LogP contribution in [0.5, 0.6) is 0 Å². The second-order valence-electron chi connectivity index (χ2n) is 4.68. The SMILES string of the molecule is CCC(CC)(CO)NC(c1ccccc1)C(F)(F)F. The minimum absolute atomic E-state index is 0.162. The smallest absolute Gasteiger partial charge is 0.394 e. The van der Waals surface area contributed by atoms with Gasteiger partial charge < -0.3 is 5.11 Å². The summed E-state index contributed by atoms with van der Waals surface area (Å²) in [5.74, 6) is 0. The van der Waals surface area contributed by atoms with E-state index in [2.05, 4.69) is 5.32 Å². The number of alkyl halides is 3. The van der Waals surface area contributed by atoms with E-state index in [1.54, 1.807) is 32.0 Å². The van der Waals surface area contributed by atoms with Crippen LogP contribution in [0, 0.1) is 0 Å². The van der Waals surface area contributed by atoms with E-state index in [1.807, 2.05) is 0 Å². The first-order valence-electron chi connectivity index (χ1n) is 6.38. The number of nitrogens with one attached hydrogen (secondary N) is 1. The molecule has 1 aromatic carbocycles. The van der Waals surface area contributed by atoms with Crippen molar-refractivity contribution in [2.24, 2.45) is 0 Å². The maximum atomic E-state index is 13.2. The minimum Gasteiger partial charge on any atom is -0.394 e. The van der Waals surface area contributed by atoms with E-state index >= 15 is 0 Å². The zero-order valence-corrected chi connectivity index (χ0v) is 11.2. The molecule has 1 atom stereocenters. The highest BCUT2D eigenvalue weighted by molar-refractivity contribution is 5.21. The van der Waals surface area contributed by atoms with Gasteiger partial charge in [0.15, 0.2) is 0 Å². The van der Waals surface area contributed by atoms with Gasteiger partial charge in [0.2, 0.25) is 0 Å². The van der Waals surface area contributed by atoms with Crippen LogP contribution >= 0.6 is 0 Å². The van der Waals surface area contributed by atoms with Gasteiger partial charge in [-0.15, -0.1) is 0 Å². The maximum Gasteiger partial charge on any atom is 0.407 e. The van der Waals surface area contributed by atoms with Crippen molar-refractivity contribution in [1.82, 2.24) is 5.32 Å². The molecule has 0 aliphatic rings. The normalized spacial score (nSPS) is 14.4. The van der Waals surface area contributed by atoms with Crippen molar-refractivity contribution in [3.8, 4) is 0 Å². The second kappa shape index (κ2) is 6.39. The molecule has 0 spiro atoms. The zero-order valence-electron chi connectivity index (χ0n) is 11.2. The molecule has 19 heavy (non-hydrogen) atoms. The Hall–Kier alpha value is -1.07. The minimum atomic E-state index is -4.40. The Bertz CT molecular complexity index is 366. The van der Waals surface area contributed by atoms with Crippen LogP contribution in [0.2, 0.25) is 0 Å². The molecule has 0 fully saturated rings. The number of aliphatic hydroxyl groups excluding tert-OH is 1. The fourth-order valence-corrected chi connectivity index (χ4v) is 2.03. The van der Waals surface area contributed by atoms with Crippen molar-refractivity contribution < 1.29 is 18.3 Å². The molecule has 2 N–H and O–H groups in total. The van der Waals surface area contributed by atoms with E-state index in [0.717, 1.165) is 0 Å². The molecule has 1 unspecified atom stereocenters. The lowest BCUT2D eigenvalue weighted by Gasteiger charge is -2.36. The highest BCUT2D eigenvalue weighted by Crippen LogP contribution is 2.35. The molecule has 0 saturated carbocycles. The van der Waals surface area contributed by atoms with Crippen molar-refractivity contribution >= 4 is 0 Å². The average Bonchev–Trinajstić information content (AvgIpc) is 2.41. The molecular weight excluding hydrogens is 255 g/mol. The molecule has 0 aromatic heterocycles. The lowest BCUT2D eigenvalue weighted by Crippen LogP contribution is -2.52. The fraction of sp³-hybridized carbons (Fsp3) is 0.571. The molecule has 0 amide bonds. The molecule has 0 radical (unpaired) electrons. The third-order valence-corrected chi connectivity index (χ3v) is 3.57. The van der Waals surface area contributed by atoms with Crippen LogP contribution in [0.15, 0.2) is 30.3 Å². The topological polar surface area (TPSA) is 32.3 Å². The van der Waals surface area contributed by atoms with Gasteiger partial charge in [-0.25, -0.2) is 0 Å². The molecule has 0 saturated heterocycles. The first-order valence-corrected chi connectivity index (χ1v) is 6.38. The highest BCUT2D eigenvalue weighted by atomic mass is 19.4. The van der Waals surface area contributed by atoms with Gasteiger partial charge in [-0.3, -0.25) is 5.32 Å². The van der Waals surface area contributed by atoms with Crippen LogP contribution < -0.4 is 5.32 Å². The zero-order chi connectivity index (χ0) is 14.5. The molecule has 1 aromatic rings. The van der Waals surface area contributed by atoms with E-state index in [4.69, 9.17) is 0 Å². The molecule has 2 nitrogen and oxygen atoms in total. The number of hydrogen-bond acceptors (Lipinski definition) is 2. The van der Waals surface area contributed by atoms with Gasteiger partial charge in [0.05, 0.1) is 6.61 Å². The highest BCUT2D eigenvalue weighted by Gasteiger charge is 2.44. The number of hydrogen-bond donors (Lipinski definition) is 2. The summed E-state index contributed by atoms with van der Waals surface area (Å²) in [6.45, 7) is 3.22. The van der Waals surface area contributed by atoms with Crippen LogP contribution in [0.4, 0.5) is 13.2 Å². The average molecular weight is 275 g/mol. The van der Waals surface area contributed by atoms with Gasteiger partial charge in [0.25, 0.3) is 0 Å². The summed E-state index contributed by atoms with van der Waals surface area (Å²) < 4.78 is 39.6.